The number of sulfonamides is 1. The van der Waals surface area contributed by atoms with Crippen molar-refractivity contribution in [3.8, 4) is 6.07 Å². The maximum Gasteiger partial charge on any atom is 0.242 e. The van der Waals surface area contributed by atoms with Crippen molar-refractivity contribution in [2.45, 2.75) is 11.3 Å². The predicted molar refractivity (Wildman–Crippen MR) is 73.0 cm³/mol. The molecule has 2 rings (SSSR count). The molecule has 0 spiro atoms. The summed E-state index contributed by atoms with van der Waals surface area (Å²) in [5.41, 5.74) is 6.87. The van der Waals surface area contributed by atoms with Crippen molar-refractivity contribution in [2.24, 2.45) is 0 Å². The average Bonchev–Trinajstić information content (AvgIpc) is 2.91. The van der Waals surface area contributed by atoms with Crippen LogP contribution >= 0.6 is 0 Å². The Bertz CT molecular complexity index is 732. The summed E-state index contributed by atoms with van der Waals surface area (Å²) in [6.45, 7) is 0.226. The third-order valence-electron chi connectivity index (χ3n) is 2.67. The first-order valence-electron chi connectivity index (χ1n) is 5.79. The Morgan fingerprint density at radius 1 is 1.45 bits per heavy atom. The van der Waals surface area contributed by atoms with Crippen LogP contribution in [0, 0.1) is 11.3 Å². The molecule has 0 unspecified atom stereocenters. The molecule has 0 saturated heterocycles. The van der Waals surface area contributed by atoms with Crippen molar-refractivity contribution in [1.29, 1.82) is 5.26 Å². The highest BCUT2D eigenvalue weighted by molar-refractivity contribution is 7.89. The van der Waals surface area contributed by atoms with Crippen molar-refractivity contribution >= 4 is 15.7 Å². The number of nitrogens with two attached hydrogens (primary N) is 1. The smallest absolute Gasteiger partial charge is 0.242 e. The Kier molecular flexibility index (Phi) is 4.02. The van der Waals surface area contributed by atoms with Crippen LogP contribution in [0.25, 0.3) is 0 Å². The number of H-pyrrole nitrogens is 1. The van der Waals surface area contributed by atoms with Gasteiger partial charge in [0.15, 0.2) is 0 Å². The van der Waals surface area contributed by atoms with Crippen molar-refractivity contribution in [3.63, 3.8) is 0 Å². The molecular formula is C12H13N5O2S. The van der Waals surface area contributed by atoms with Gasteiger partial charge in [-0.3, -0.25) is 0 Å². The molecule has 0 aliphatic heterocycles. The van der Waals surface area contributed by atoms with Gasteiger partial charge < -0.3 is 10.7 Å². The van der Waals surface area contributed by atoms with Gasteiger partial charge in [0.2, 0.25) is 10.0 Å². The molecule has 0 saturated carbocycles. The molecule has 0 radical (unpaired) electrons. The second kappa shape index (κ2) is 5.73. The van der Waals surface area contributed by atoms with Crippen LogP contribution in [0.3, 0.4) is 0 Å². The number of aromatic nitrogens is 2. The summed E-state index contributed by atoms with van der Waals surface area (Å²) in [5, 5.41) is 8.72. The van der Waals surface area contributed by atoms with E-state index in [4.69, 9.17) is 11.0 Å². The van der Waals surface area contributed by atoms with E-state index in [2.05, 4.69) is 14.7 Å². The molecule has 1 heterocycles. The third kappa shape index (κ3) is 3.14. The number of hydrogen-bond donors (Lipinski definition) is 3. The van der Waals surface area contributed by atoms with Crippen molar-refractivity contribution in [3.05, 3.63) is 42.0 Å². The fourth-order valence-electron chi connectivity index (χ4n) is 1.68. The summed E-state index contributed by atoms with van der Waals surface area (Å²) in [6, 6.07) is 5.98. The molecule has 0 atom stereocenters. The number of imidazole rings is 1. The highest BCUT2D eigenvalue weighted by Crippen LogP contribution is 2.19. The Morgan fingerprint density at radius 2 is 2.25 bits per heavy atom. The molecule has 104 valence electrons. The fraction of sp³-hybridized carbons (Fsp3) is 0.167. The van der Waals surface area contributed by atoms with Gasteiger partial charge in [-0.1, -0.05) is 0 Å². The van der Waals surface area contributed by atoms with Crippen molar-refractivity contribution < 1.29 is 8.42 Å². The van der Waals surface area contributed by atoms with Gasteiger partial charge in [0.25, 0.3) is 0 Å². The number of benzene rings is 1. The van der Waals surface area contributed by atoms with Crippen molar-refractivity contribution in [1.82, 2.24) is 14.7 Å². The lowest BCUT2D eigenvalue weighted by Gasteiger charge is -2.08. The first-order valence-corrected chi connectivity index (χ1v) is 7.28. The summed E-state index contributed by atoms with van der Waals surface area (Å²) in [5.74, 6) is 0. The summed E-state index contributed by atoms with van der Waals surface area (Å²) in [7, 11) is -3.69. The molecule has 0 bridgehead atoms. The molecular weight excluding hydrogens is 278 g/mol. The Balaban J connectivity index is 2.08. The molecule has 7 nitrogen and oxygen atoms in total. The number of nitriles is 1. The quantitative estimate of drug-likeness (QED) is 0.687. The van der Waals surface area contributed by atoms with E-state index in [1.54, 1.807) is 6.20 Å². The van der Waals surface area contributed by atoms with Crippen LogP contribution in [0.5, 0.6) is 0 Å². The standard InChI is InChI=1S/C12H13N5O2S/c13-6-9-1-2-12(11(14)5-9)20(18,19)17-4-3-10-7-15-8-16-10/h1-2,5,7-8,17H,3-4,14H2,(H,15,16). The van der Waals surface area contributed by atoms with Gasteiger partial charge in [-0.15, -0.1) is 0 Å². The highest BCUT2D eigenvalue weighted by Gasteiger charge is 2.17. The topological polar surface area (TPSA) is 125 Å². The summed E-state index contributed by atoms with van der Waals surface area (Å²) < 4.78 is 26.6. The minimum atomic E-state index is -3.69. The largest absolute Gasteiger partial charge is 0.398 e. The van der Waals surface area contributed by atoms with Gasteiger partial charge in [-0.05, 0) is 18.2 Å². The van der Waals surface area contributed by atoms with Crippen LogP contribution in [0.1, 0.15) is 11.3 Å². The summed E-state index contributed by atoms with van der Waals surface area (Å²) in [6.07, 6.45) is 3.65. The Labute approximate surface area is 116 Å². The minimum Gasteiger partial charge on any atom is -0.398 e. The van der Waals surface area contributed by atoms with Crippen LogP contribution in [-0.4, -0.2) is 24.9 Å². The molecule has 0 aliphatic carbocycles. The molecule has 8 heteroatoms. The van der Waals surface area contributed by atoms with Gasteiger partial charge in [-0.2, -0.15) is 5.26 Å². The zero-order valence-electron chi connectivity index (χ0n) is 10.5. The second-order valence-corrected chi connectivity index (χ2v) is 5.82. The summed E-state index contributed by atoms with van der Waals surface area (Å²) in [4.78, 5) is 6.70. The SMILES string of the molecule is N#Cc1ccc(S(=O)(=O)NCCc2cnc[nH]2)c(N)c1. The molecule has 0 aliphatic rings. The van der Waals surface area contributed by atoms with E-state index in [0.717, 1.165) is 5.69 Å². The minimum absolute atomic E-state index is 0.0267. The van der Waals surface area contributed by atoms with Crippen LogP contribution in [0.4, 0.5) is 5.69 Å². The lowest BCUT2D eigenvalue weighted by molar-refractivity contribution is 0.582. The monoisotopic (exact) mass is 291 g/mol. The van der Waals surface area contributed by atoms with E-state index in [-0.39, 0.29) is 17.1 Å². The van der Waals surface area contributed by atoms with Crippen LogP contribution in [-0.2, 0) is 16.4 Å². The van der Waals surface area contributed by atoms with E-state index in [1.165, 1.54) is 24.5 Å². The van der Waals surface area contributed by atoms with Crippen LogP contribution in [0.15, 0.2) is 35.6 Å². The maximum absolute atomic E-state index is 12.1. The predicted octanol–water partition coefficient (Wildman–Crippen LogP) is 0.385. The molecule has 1 aromatic carbocycles. The Morgan fingerprint density at radius 3 is 2.85 bits per heavy atom. The van der Waals surface area contributed by atoms with E-state index in [9.17, 15) is 8.42 Å². The van der Waals surface area contributed by atoms with Crippen LogP contribution in [0.2, 0.25) is 0 Å². The number of nitrogens with one attached hydrogen (secondary N) is 2. The van der Waals surface area contributed by atoms with Gasteiger partial charge in [0.05, 0.1) is 23.6 Å². The number of hydrogen-bond acceptors (Lipinski definition) is 5. The molecule has 4 N–H and O–H groups in total. The number of anilines is 1. The van der Waals surface area contributed by atoms with E-state index in [0.29, 0.717) is 12.0 Å². The third-order valence-corrected chi connectivity index (χ3v) is 4.20. The van der Waals surface area contributed by atoms with Gasteiger partial charge in [0.1, 0.15) is 4.90 Å². The van der Waals surface area contributed by atoms with Crippen molar-refractivity contribution in [2.75, 3.05) is 12.3 Å². The number of nitrogens with zero attached hydrogens (tertiary/aromatic N) is 2. The average molecular weight is 291 g/mol. The number of nitrogen functional groups attached to an aromatic ring is 1. The zero-order valence-corrected chi connectivity index (χ0v) is 11.3. The Hall–Kier alpha value is -2.37. The molecule has 0 amide bonds. The van der Waals surface area contributed by atoms with Gasteiger partial charge in [0, 0.05) is 24.9 Å². The summed E-state index contributed by atoms with van der Waals surface area (Å²) >= 11 is 0. The van der Waals surface area contributed by atoms with E-state index < -0.39 is 10.0 Å². The zero-order chi connectivity index (χ0) is 14.6. The number of aromatic amines is 1. The normalized spacial score (nSPS) is 11.2. The lowest BCUT2D eigenvalue weighted by Crippen LogP contribution is -2.26. The molecule has 2 aromatic rings. The molecule has 20 heavy (non-hydrogen) atoms. The maximum atomic E-state index is 12.1. The second-order valence-electron chi connectivity index (χ2n) is 4.09. The van der Waals surface area contributed by atoms with Gasteiger partial charge in [-0.25, -0.2) is 18.1 Å². The first-order chi connectivity index (χ1) is 9.53. The lowest BCUT2D eigenvalue weighted by atomic mass is 10.2. The molecule has 0 fully saturated rings. The van der Waals surface area contributed by atoms with Crippen LogP contribution < -0.4 is 10.5 Å². The molecule has 1 aromatic heterocycles. The highest BCUT2D eigenvalue weighted by atomic mass is 32.2. The van der Waals surface area contributed by atoms with E-state index >= 15 is 0 Å². The fourth-order valence-corrected chi connectivity index (χ4v) is 2.82. The number of rotatable bonds is 5. The first kappa shape index (κ1) is 14.0. The van der Waals surface area contributed by atoms with E-state index in [1.807, 2.05) is 6.07 Å². The van der Waals surface area contributed by atoms with Gasteiger partial charge >= 0.3 is 0 Å².